The predicted molar refractivity (Wildman–Crippen MR) is 204 cm³/mol. The maximum Gasteiger partial charge on any atom is 0.316 e. The summed E-state index contributed by atoms with van der Waals surface area (Å²) in [5.74, 6) is -0.442. The Balaban J connectivity index is 0.00000104. The van der Waals surface area contributed by atoms with E-state index in [0.29, 0.717) is 30.9 Å². The molecule has 5 N–H and O–H groups in total. The van der Waals surface area contributed by atoms with E-state index in [1.54, 1.807) is 29.2 Å². The van der Waals surface area contributed by atoms with E-state index in [-0.39, 0.29) is 23.5 Å². The molecule has 4 amide bonds. The van der Waals surface area contributed by atoms with Gasteiger partial charge in [-0.3, -0.25) is 23.9 Å². The Hall–Kier alpha value is -3.25. The van der Waals surface area contributed by atoms with Crippen LogP contribution in [0.25, 0.3) is 0 Å². The molecule has 0 radical (unpaired) electrons. The molecule has 0 bridgehead atoms. The molecule has 50 heavy (non-hydrogen) atoms. The number of ketones is 2. The topological polar surface area (TPSA) is 168 Å². The SMILES string of the molecule is CC.CC(C)C.CC1CC(C=O)N(C(=O)C(NC(=O)NC(C(=O)c2ccccc2)C(C)C)C(C)(C)C)C1.NC(=O)C(=O)C(CC1CCC1)NS. The third kappa shape index (κ3) is 16.2. The second-order valence-electron chi connectivity index (χ2n) is 15.1. The number of carbonyl (C=O) groups excluding carboxylic acids is 6. The van der Waals surface area contributed by atoms with Gasteiger partial charge in [-0.15, -0.1) is 0 Å². The lowest BCUT2D eigenvalue weighted by Crippen LogP contribution is -2.59. The van der Waals surface area contributed by atoms with E-state index in [0.717, 1.165) is 25.0 Å². The summed E-state index contributed by atoms with van der Waals surface area (Å²) in [5.41, 5.74) is 4.82. The average Bonchev–Trinajstić information content (AvgIpc) is 3.42. The first-order chi connectivity index (χ1) is 23.3. The van der Waals surface area contributed by atoms with Gasteiger partial charge in [-0.1, -0.05) is 139 Å². The van der Waals surface area contributed by atoms with Gasteiger partial charge in [-0.25, -0.2) is 4.79 Å². The van der Waals surface area contributed by atoms with Crippen LogP contribution in [0.1, 0.15) is 119 Å². The molecule has 1 aromatic carbocycles. The van der Waals surface area contributed by atoms with Crippen LogP contribution in [0.5, 0.6) is 0 Å². The van der Waals surface area contributed by atoms with Crippen molar-refractivity contribution in [1.29, 1.82) is 0 Å². The molecule has 0 spiro atoms. The van der Waals surface area contributed by atoms with Crippen molar-refractivity contribution in [3.8, 4) is 0 Å². The van der Waals surface area contributed by atoms with Gasteiger partial charge in [0.25, 0.3) is 5.91 Å². The minimum atomic E-state index is -0.883. The summed E-state index contributed by atoms with van der Waals surface area (Å²) in [6.07, 6.45) is 5.59. The number of amides is 4. The summed E-state index contributed by atoms with van der Waals surface area (Å²) in [6.45, 7) is 22.3. The Morgan fingerprint density at radius 3 is 1.92 bits per heavy atom. The third-order valence-corrected chi connectivity index (χ3v) is 8.50. The van der Waals surface area contributed by atoms with Crippen molar-refractivity contribution < 1.29 is 28.8 Å². The number of benzene rings is 1. The minimum absolute atomic E-state index is 0.138. The molecule has 1 saturated heterocycles. The van der Waals surface area contributed by atoms with Gasteiger partial charge < -0.3 is 26.1 Å². The number of urea groups is 1. The highest BCUT2D eigenvalue weighted by Crippen LogP contribution is 2.31. The fraction of sp³-hybridized carbons (Fsp3) is 0.684. The normalized spacial score (nSPS) is 18.7. The van der Waals surface area contributed by atoms with Crippen molar-refractivity contribution in [3.05, 3.63) is 35.9 Å². The monoisotopic (exact) mass is 719 g/mol. The summed E-state index contributed by atoms with van der Waals surface area (Å²) >= 11 is 3.81. The molecule has 1 aliphatic heterocycles. The Kier molecular flexibility index (Phi) is 21.8. The molecule has 11 nitrogen and oxygen atoms in total. The zero-order valence-electron chi connectivity index (χ0n) is 32.2. The van der Waals surface area contributed by atoms with Crippen molar-refractivity contribution in [3.63, 3.8) is 0 Å². The van der Waals surface area contributed by atoms with Gasteiger partial charge in [-0.2, -0.15) is 0 Å². The van der Waals surface area contributed by atoms with E-state index in [2.05, 4.69) is 48.9 Å². The maximum absolute atomic E-state index is 13.3. The van der Waals surface area contributed by atoms with Gasteiger partial charge in [0.05, 0.1) is 18.1 Å². The van der Waals surface area contributed by atoms with Crippen molar-refractivity contribution in [2.24, 2.45) is 34.8 Å². The fourth-order valence-electron chi connectivity index (χ4n) is 5.36. The van der Waals surface area contributed by atoms with Crippen molar-refractivity contribution in [2.75, 3.05) is 6.54 Å². The highest BCUT2D eigenvalue weighted by Gasteiger charge is 2.41. The molecule has 2 aliphatic rings. The number of Topliss-reactive ketones (excluding diaryl/α,β-unsaturated/α-hetero) is 2. The number of hydrogen-bond donors (Lipinski definition) is 5. The van der Waals surface area contributed by atoms with Crippen LogP contribution in [0, 0.1) is 29.1 Å². The number of nitrogens with zero attached hydrogens (tertiary/aromatic N) is 1. The quantitative estimate of drug-likeness (QED) is 0.0792. The molecule has 5 unspecified atom stereocenters. The first-order valence-electron chi connectivity index (χ1n) is 18.0. The number of nitrogens with one attached hydrogen (secondary N) is 3. The van der Waals surface area contributed by atoms with Gasteiger partial charge in [-0.05, 0) is 41.9 Å². The van der Waals surface area contributed by atoms with Crippen molar-refractivity contribution in [2.45, 2.75) is 132 Å². The van der Waals surface area contributed by atoms with Crippen LogP contribution in [0.2, 0.25) is 0 Å². The van der Waals surface area contributed by atoms with E-state index in [1.807, 2.05) is 61.5 Å². The highest BCUT2D eigenvalue weighted by atomic mass is 32.1. The number of carbonyl (C=O) groups is 6. The summed E-state index contributed by atoms with van der Waals surface area (Å²) in [6, 6.07) is 5.69. The molecule has 2 fully saturated rings. The van der Waals surface area contributed by atoms with Crippen molar-refractivity contribution in [1.82, 2.24) is 20.3 Å². The second kappa shape index (κ2) is 23.3. The van der Waals surface area contributed by atoms with Gasteiger partial charge in [0.15, 0.2) is 5.78 Å². The molecular formula is C38H65N5O6S. The number of hydrogen-bond acceptors (Lipinski definition) is 8. The van der Waals surface area contributed by atoms with E-state index in [9.17, 15) is 28.8 Å². The summed E-state index contributed by atoms with van der Waals surface area (Å²) in [5, 5.41) is 5.53. The number of likely N-dealkylation sites (tertiary alicyclic amines) is 1. The van der Waals surface area contributed by atoms with E-state index in [4.69, 9.17) is 5.73 Å². The number of rotatable bonds is 12. The number of aldehydes is 1. The number of nitrogens with two attached hydrogens (primary N) is 1. The number of primary amides is 1. The molecule has 5 atom stereocenters. The van der Waals surface area contributed by atoms with Crippen LogP contribution >= 0.6 is 12.8 Å². The van der Waals surface area contributed by atoms with Crippen LogP contribution < -0.4 is 21.1 Å². The van der Waals surface area contributed by atoms with Crippen LogP contribution in [-0.2, 0) is 19.2 Å². The predicted octanol–water partition coefficient (Wildman–Crippen LogP) is 5.77. The Morgan fingerprint density at radius 2 is 1.52 bits per heavy atom. The fourth-order valence-corrected chi connectivity index (χ4v) is 5.59. The molecule has 0 aromatic heterocycles. The summed E-state index contributed by atoms with van der Waals surface area (Å²) in [4.78, 5) is 73.8. The second-order valence-corrected chi connectivity index (χ2v) is 15.3. The molecular weight excluding hydrogens is 655 g/mol. The van der Waals surface area contributed by atoms with E-state index in [1.165, 1.54) is 6.42 Å². The van der Waals surface area contributed by atoms with Gasteiger partial charge in [0.1, 0.15) is 12.3 Å². The summed E-state index contributed by atoms with van der Waals surface area (Å²) in [7, 11) is 0. The largest absolute Gasteiger partial charge is 0.363 e. The number of thiol groups is 1. The third-order valence-electron chi connectivity index (χ3n) is 8.18. The van der Waals surface area contributed by atoms with Crippen LogP contribution in [0.3, 0.4) is 0 Å². The lowest BCUT2D eigenvalue weighted by Gasteiger charge is -2.35. The minimum Gasteiger partial charge on any atom is -0.363 e. The molecule has 1 heterocycles. The van der Waals surface area contributed by atoms with E-state index >= 15 is 0 Å². The molecule has 3 rings (SSSR count). The zero-order chi connectivity index (χ0) is 38.8. The maximum atomic E-state index is 13.3. The molecule has 1 aliphatic carbocycles. The lowest BCUT2D eigenvalue weighted by molar-refractivity contribution is -0.138. The zero-order valence-corrected chi connectivity index (χ0v) is 33.1. The molecule has 12 heteroatoms. The van der Waals surface area contributed by atoms with Gasteiger partial charge >= 0.3 is 6.03 Å². The van der Waals surface area contributed by atoms with Crippen molar-refractivity contribution >= 4 is 48.5 Å². The Labute approximate surface area is 306 Å². The van der Waals surface area contributed by atoms with Crippen LogP contribution in [-0.4, -0.2) is 71.3 Å². The van der Waals surface area contributed by atoms with Gasteiger partial charge in [0.2, 0.25) is 11.7 Å². The first kappa shape index (κ1) is 46.8. The van der Waals surface area contributed by atoms with Crippen LogP contribution in [0.15, 0.2) is 30.3 Å². The highest BCUT2D eigenvalue weighted by molar-refractivity contribution is 7.78. The standard InChI is InChI=1S/C24H35N3O4.C8H14N2O2S.C4H10.C2H6/c1-15(2)19(20(29)17-10-8-7-9-11-17)25-23(31)26-21(24(4,5)6)22(30)27-13-16(3)12-18(27)14-28;9-8(12)7(11)6(10-13)4-5-2-1-3-5;1-4(2)3;1-2/h7-11,14-16,18-19,21H,12-13H2,1-6H3,(H2,25,26,31);5-6,10,13H,1-4H2,(H2,9,12);4H,1-3H3;1-2H3. The summed E-state index contributed by atoms with van der Waals surface area (Å²) < 4.78 is 2.53. The molecule has 1 aromatic rings. The Bertz CT molecular complexity index is 1210. The lowest BCUT2D eigenvalue weighted by atomic mass is 9.80. The Morgan fingerprint density at radius 1 is 0.980 bits per heavy atom. The molecule has 284 valence electrons. The first-order valence-corrected chi connectivity index (χ1v) is 18.4. The van der Waals surface area contributed by atoms with E-state index < -0.39 is 47.3 Å². The van der Waals surface area contributed by atoms with Gasteiger partial charge in [0, 0.05) is 12.1 Å². The average molecular weight is 720 g/mol. The smallest absolute Gasteiger partial charge is 0.316 e. The molecule has 1 saturated carbocycles. The van der Waals surface area contributed by atoms with Crippen LogP contribution in [0.4, 0.5) is 4.79 Å².